The fraction of sp³-hybridized carbons (Fsp3) is 0.192. The van der Waals surface area contributed by atoms with Crippen LogP contribution in [0.4, 0.5) is 5.82 Å². The molecule has 0 saturated heterocycles. The number of ether oxygens (including phenoxy) is 2. The van der Waals surface area contributed by atoms with Crippen LogP contribution in [0.3, 0.4) is 0 Å². The summed E-state index contributed by atoms with van der Waals surface area (Å²) in [5.41, 5.74) is 4.23. The lowest BCUT2D eigenvalue weighted by Crippen LogP contribution is -2.25. The van der Waals surface area contributed by atoms with E-state index in [0.717, 1.165) is 22.4 Å². The van der Waals surface area contributed by atoms with E-state index in [4.69, 9.17) is 14.6 Å². The molecule has 3 aromatic heterocycles. The molecule has 36 heavy (non-hydrogen) atoms. The van der Waals surface area contributed by atoms with E-state index < -0.39 is 0 Å². The lowest BCUT2D eigenvalue weighted by atomic mass is 9.85. The Bertz CT molecular complexity index is 1580. The molecule has 1 amide bonds. The van der Waals surface area contributed by atoms with Crippen molar-refractivity contribution in [3.8, 4) is 17.3 Å². The Morgan fingerprint density at radius 1 is 1.06 bits per heavy atom. The molecule has 0 spiro atoms. The highest BCUT2D eigenvalue weighted by molar-refractivity contribution is 5.95. The largest absolute Gasteiger partial charge is 0.493 e. The second kappa shape index (κ2) is 8.81. The van der Waals surface area contributed by atoms with Crippen LogP contribution >= 0.6 is 0 Å². The number of anilines is 1. The summed E-state index contributed by atoms with van der Waals surface area (Å²) in [5.74, 6) is 1.97. The Labute approximate surface area is 206 Å². The number of carbonyl (C=O) groups excluding carboxylic acids is 1. The van der Waals surface area contributed by atoms with Crippen LogP contribution in [0.5, 0.6) is 11.5 Å². The molecule has 0 fully saturated rings. The molecule has 0 aliphatic carbocycles. The number of hydrogen-bond donors (Lipinski definition) is 1. The van der Waals surface area contributed by atoms with E-state index in [1.54, 1.807) is 28.4 Å². The summed E-state index contributed by atoms with van der Waals surface area (Å²) in [5, 5.41) is 20.2. The van der Waals surface area contributed by atoms with Gasteiger partial charge in [-0.3, -0.25) is 4.79 Å². The lowest BCUT2D eigenvalue weighted by molar-refractivity contribution is -0.116. The molecular formula is C26H23N7O3. The lowest BCUT2D eigenvalue weighted by Gasteiger charge is -2.26. The zero-order chi connectivity index (χ0) is 24.6. The molecule has 4 heterocycles. The van der Waals surface area contributed by atoms with E-state index in [0.29, 0.717) is 35.4 Å². The van der Waals surface area contributed by atoms with Gasteiger partial charge in [0, 0.05) is 23.5 Å². The first-order valence-electron chi connectivity index (χ1n) is 11.5. The number of rotatable bonds is 6. The number of aromatic nitrogens is 6. The molecule has 5 aromatic rings. The van der Waals surface area contributed by atoms with Gasteiger partial charge in [-0.15, -0.1) is 15.3 Å². The summed E-state index contributed by atoms with van der Waals surface area (Å²) < 4.78 is 15.2. The third-order valence-electron chi connectivity index (χ3n) is 6.30. The molecule has 180 valence electrons. The third-order valence-corrected chi connectivity index (χ3v) is 6.30. The minimum absolute atomic E-state index is 0.115. The molecule has 0 unspecified atom stereocenters. The first-order chi connectivity index (χ1) is 17.6. The van der Waals surface area contributed by atoms with Crippen LogP contribution in [0.2, 0.25) is 0 Å². The number of amides is 1. The monoisotopic (exact) mass is 481 g/mol. The van der Waals surface area contributed by atoms with Gasteiger partial charge in [0.1, 0.15) is 18.8 Å². The normalized spacial score (nSPS) is 14.9. The Hall–Kier alpha value is -4.73. The van der Waals surface area contributed by atoms with E-state index in [9.17, 15) is 4.79 Å². The molecule has 1 aliphatic heterocycles. The Balaban J connectivity index is 1.44. The number of fused-ring (bicyclic) bond motifs is 2. The van der Waals surface area contributed by atoms with Crippen molar-refractivity contribution in [1.29, 1.82) is 0 Å². The molecule has 1 atom stereocenters. The summed E-state index contributed by atoms with van der Waals surface area (Å²) in [6.45, 7) is 2.31. The average Bonchev–Trinajstić information content (AvgIpc) is 3.51. The highest BCUT2D eigenvalue weighted by Crippen LogP contribution is 2.45. The van der Waals surface area contributed by atoms with Crippen LogP contribution in [0.15, 0.2) is 67.0 Å². The summed E-state index contributed by atoms with van der Waals surface area (Å²) >= 11 is 0. The smallest absolute Gasteiger partial charge is 0.226 e. The van der Waals surface area contributed by atoms with Gasteiger partial charge in [0.2, 0.25) is 5.91 Å². The van der Waals surface area contributed by atoms with Gasteiger partial charge in [-0.05, 0) is 30.7 Å². The maximum Gasteiger partial charge on any atom is 0.226 e. The zero-order valence-corrected chi connectivity index (χ0v) is 19.8. The predicted molar refractivity (Wildman–Crippen MR) is 131 cm³/mol. The van der Waals surface area contributed by atoms with Crippen LogP contribution in [0.1, 0.15) is 34.7 Å². The number of carbonyl (C=O) groups is 1. The van der Waals surface area contributed by atoms with Gasteiger partial charge in [-0.1, -0.05) is 42.5 Å². The molecule has 1 aliphatic rings. The van der Waals surface area contributed by atoms with Crippen LogP contribution in [0.25, 0.3) is 11.5 Å². The van der Waals surface area contributed by atoms with E-state index in [2.05, 4.69) is 20.6 Å². The molecule has 10 nitrogen and oxygen atoms in total. The van der Waals surface area contributed by atoms with Crippen molar-refractivity contribution >= 4 is 17.4 Å². The number of hydrogen-bond acceptors (Lipinski definition) is 7. The fourth-order valence-electron chi connectivity index (χ4n) is 4.66. The van der Waals surface area contributed by atoms with Crippen molar-refractivity contribution in [3.63, 3.8) is 0 Å². The molecular weight excluding hydrogens is 458 g/mol. The molecule has 2 aromatic carbocycles. The van der Waals surface area contributed by atoms with Crippen LogP contribution in [0, 0.1) is 6.92 Å². The SMILES string of the molecule is COc1cccc([C@@H]2CC(=O)Nc3c2c(C)nn3-c2ccc3nncn3n2)c1OCc1ccccc1. The van der Waals surface area contributed by atoms with Crippen molar-refractivity contribution in [3.05, 3.63) is 89.4 Å². The van der Waals surface area contributed by atoms with Gasteiger partial charge in [0.05, 0.1) is 12.8 Å². The molecule has 0 bridgehead atoms. The molecule has 6 rings (SSSR count). The first-order valence-corrected chi connectivity index (χ1v) is 11.5. The van der Waals surface area contributed by atoms with Crippen LogP contribution < -0.4 is 14.8 Å². The standard InChI is InChI=1S/C26H23N7O3/c1-16-24-19(18-9-6-10-20(35-2)25(18)36-14-17-7-4-3-5-8-17)13-23(34)28-26(24)33(30-16)22-12-11-21-29-27-15-32(21)31-22/h3-12,15,19H,13-14H2,1-2H3,(H,28,34)/t19-/m0/s1. The predicted octanol–water partition coefficient (Wildman–Crippen LogP) is 3.68. The van der Waals surface area contributed by atoms with Crippen molar-refractivity contribution < 1.29 is 14.3 Å². The van der Waals surface area contributed by atoms with Gasteiger partial charge in [-0.2, -0.15) is 14.3 Å². The minimum Gasteiger partial charge on any atom is -0.493 e. The summed E-state index contributed by atoms with van der Waals surface area (Å²) in [4.78, 5) is 12.9. The minimum atomic E-state index is -0.276. The number of nitrogens with zero attached hydrogens (tertiary/aromatic N) is 6. The van der Waals surface area contributed by atoms with Crippen LogP contribution in [-0.4, -0.2) is 42.6 Å². The van der Waals surface area contributed by atoms with Crippen molar-refractivity contribution in [1.82, 2.24) is 29.6 Å². The quantitative estimate of drug-likeness (QED) is 0.394. The van der Waals surface area contributed by atoms with Crippen molar-refractivity contribution in [2.45, 2.75) is 25.9 Å². The molecule has 1 N–H and O–H groups in total. The fourth-order valence-corrected chi connectivity index (χ4v) is 4.66. The number of nitrogens with one attached hydrogen (secondary N) is 1. The van der Waals surface area contributed by atoms with Crippen molar-refractivity contribution in [2.24, 2.45) is 0 Å². The number of aryl methyl sites for hydroxylation is 1. The van der Waals surface area contributed by atoms with E-state index >= 15 is 0 Å². The van der Waals surface area contributed by atoms with E-state index in [1.165, 1.54) is 6.33 Å². The van der Waals surface area contributed by atoms with E-state index in [1.807, 2.05) is 55.5 Å². The summed E-state index contributed by atoms with van der Waals surface area (Å²) in [6, 6.07) is 19.3. The van der Waals surface area contributed by atoms with E-state index in [-0.39, 0.29) is 18.2 Å². The molecule has 10 heteroatoms. The Morgan fingerprint density at radius 3 is 2.75 bits per heavy atom. The van der Waals surface area contributed by atoms with Gasteiger partial charge in [0.15, 0.2) is 23.0 Å². The number of benzene rings is 2. The highest BCUT2D eigenvalue weighted by Gasteiger charge is 2.35. The molecule has 0 saturated carbocycles. The zero-order valence-electron chi connectivity index (χ0n) is 19.8. The van der Waals surface area contributed by atoms with Gasteiger partial charge >= 0.3 is 0 Å². The van der Waals surface area contributed by atoms with Gasteiger partial charge < -0.3 is 14.8 Å². The first kappa shape index (κ1) is 21.8. The average molecular weight is 482 g/mol. The summed E-state index contributed by atoms with van der Waals surface area (Å²) in [6.07, 6.45) is 1.78. The second-order valence-electron chi connectivity index (χ2n) is 8.54. The van der Waals surface area contributed by atoms with Gasteiger partial charge in [-0.25, -0.2) is 0 Å². The summed E-state index contributed by atoms with van der Waals surface area (Å²) in [7, 11) is 1.61. The number of methoxy groups -OCH3 is 1. The Morgan fingerprint density at radius 2 is 1.92 bits per heavy atom. The highest BCUT2D eigenvalue weighted by atomic mass is 16.5. The second-order valence-corrected chi connectivity index (χ2v) is 8.54. The third kappa shape index (κ3) is 3.72. The maximum absolute atomic E-state index is 12.9. The maximum atomic E-state index is 12.9. The topological polar surface area (TPSA) is 108 Å². The number of para-hydroxylation sites is 1. The van der Waals surface area contributed by atoms with Crippen molar-refractivity contribution in [2.75, 3.05) is 12.4 Å². The molecule has 0 radical (unpaired) electrons. The Kier molecular flexibility index (Phi) is 5.33. The van der Waals surface area contributed by atoms with Gasteiger partial charge in [0.25, 0.3) is 0 Å². The van der Waals surface area contributed by atoms with Crippen LogP contribution in [-0.2, 0) is 11.4 Å².